The first-order valence-electron chi connectivity index (χ1n) is 4.85. The van der Waals surface area contributed by atoms with Crippen molar-refractivity contribution in [1.82, 2.24) is 5.32 Å². The molecule has 0 spiro atoms. The predicted molar refractivity (Wildman–Crippen MR) is 61.1 cm³/mol. The summed E-state index contributed by atoms with van der Waals surface area (Å²) in [7, 11) is 0. The summed E-state index contributed by atoms with van der Waals surface area (Å²) < 4.78 is 0. The van der Waals surface area contributed by atoms with E-state index < -0.39 is 5.54 Å². The molecule has 1 saturated heterocycles. The average molecular weight is 231 g/mol. The minimum atomic E-state index is -0.793. The summed E-state index contributed by atoms with van der Waals surface area (Å²) in [5.41, 5.74) is 4.69. The van der Waals surface area contributed by atoms with Crippen molar-refractivity contribution < 1.29 is 10.0 Å². The van der Waals surface area contributed by atoms with Gasteiger partial charge in [-0.2, -0.15) is 11.8 Å². The number of amidine groups is 1. The minimum absolute atomic E-state index is 0.0153. The van der Waals surface area contributed by atoms with E-state index in [2.05, 4.69) is 10.5 Å². The maximum Gasteiger partial charge on any atom is 0.224 e. The van der Waals surface area contributed by atoms with Gasteiger partial charge in [-0.3, -0.25) is 4.79 Å². The summed E-state index contributed by atoms with van der Waals surface area (Å²) in [5.74, 6) is 1.94. The van der Waals surface area contributed by atoms with Gasteiger partial charge in [-0.15, -0.1) is 0 Å². The number of rotatable bonds is 3. The van der Waals surface area contributed by atoms with Crippen LogP contribution in [-0.2, 0) is 4.79 Å². The van der Waals surface area contributed by atoms with Crippen molar-refractivity contribution in [3.8, 4) is 0 Å². The van der Waals surface area contributed by atoms with Crippen LogP contribution in [0.25, 0.3) is 0 Å². The van der Waals surface area contributed by atoms with Gasteiger partial charge in [0.05, 0.1) is 5.54 Å². The summed E-state index contributed by atoms with van der Waals surface area (Å²) >= 11 is 1.78. The molecule has 86 valence electrons. The van der Waals surface area contributed by atoms with Crippen LogP contribution in [0.5, 0.6) is 0 Å². The first kappa shape index (κ1) is 12.2. The van der Waals surface area contributed by atoms with Gasteiger partial charge in [-0.05, 0) is 26.0 Å². The third-order valence-corrected chi connectivity index (χ3v) is 3.65. The van der Waals surface area contributed by atoms with E-state index in [0.29, 0.717) is 0 Å². The number of nitrogens with zero attached hydrogens (tertiary/aromatic N) is 1. The van der Waals surface area contributed by atoms with Gasteiger partial charge >= 0.3 is 0 Å². The first-order chi connectivity index (χ1) is 6.97. The van der Waals surface area contributed by atoms with Crippen LogP contribution in [0.1, 0.15) is 20.3 Å². The van der Waals surface area contributed by atoms with Gasteiger partial charge in [0.25, 0.3) is 0 Å². The van der Waals surface area contributed by atoms with E-state index in [1.807, 2.05) is 0 Å². The summed E-state index contributed by atoms with van der Waals surface area (Å²) in [6.45, 7) is 3.42. The van der Waals surface area contributed by atoms with Gasteiger partial charge in [0.2, 0.25) is 5.91 Å². The highest BCUT2D eigenvalue weighted by atomic mass is 32.2. The fraction of sp³-hybridized carbons (Fsp3) is 0.778. The smallest absolute Gasteiger partial charge is 0.224 e. The fourth-order valence-corrected chi connectivity index (χ4v) is 2.56. The molecule has 6 heteroatoms. The summed E-state index contributed by atoms with van der Waals surface area (Å²) in [6, 6.07) is 0. The van der Waals surface area contributed by atoms with E-state index in [0.717, 1.165) is 17.9 Å². The van der Waals surface area contributed by atoms with Crippen molar-refractivity contribution in [2.75, 3.05) is 11.5 Å². The zero-order chi connectivity index (χ0) is 11.5. The highest BCUT2D eigenvalue weighted by Crippen LogP contribution is 2.24. The average Bonchev–Trinajstić information content (AvgIpc) is 2.68. The first-order valence-corrected chi connectivity index (χ1v) is 6.00. The van der Waals surface area contributed by atoms with Crippen molar-refractivity contribution in [1.29, 1.82) is 0 Å². The lowest BCUT2D eigenvalue weighted by atomic mass is 10.0. The van der Waals surface area contributed by atoms with Gasteiger partial charge < -0.3 is 16.3 Å². The van der Waals surface area contributed by atoms with Crippen LogP contribution in [0.15, 0.2) is 5.16 Å². The van der Waals surface area contributed by atoms with Crippen molar-refractivity contribution in [2.24, 2.45) is 16.8 Å². The Morgan fingerprint density at radius 2 is 2.33 bits per heavy atom. The molecule has 0 aliphatic carbocycles. The molecule has 1 rings (SSSR count). The van der Waals surface area contributed by atoms with Crippen LogP contribution in [0.3, 0.4) is 0 Å². The number of hydrogen-bond donors (Lipinski definition) is 3. The molecule has 1 atom stereocenters. The molecular weight excluding hydrogens is 214 g/mol. The quantitative estimate of drug-likeness (QED) is 0.283. The largest absolute Gasteiger partial charge is 0.409 e. The molecule has 1 unspecified atom stereocenters. The van der Waals surface area contributed by atoms with Crippen LogP contribution in [-0.4, -0.2) is 34.0 Å². The lowest BCUT2D eigenvalue weighted by Gasteiger charge is -2.26. The standard InChI is InChI=1S/C9H17N3O2S/c1-9(2,8(10)12-14)11-7(13)6-3-4-15-5-6/h6,14H,3-5H2,1-2H3,(H2,10,12)(H,11,13). The SMILES string of the molecule is CC(C)(NC(=O)C1CCSC1)C(N)=NO. The molecule has 4 N–H and O–H groups in total. The number of amides is 1. The summed E-state index contributed by atoms with van der Waals surface area (Å²) in [6.07, 6.45) is 0.906. The molecule has 15 heavy (non-hydrogen) atoms. The second-order valence-electron chi connectivity index (χ2n) is 4.16. The van der Waals surface area contributed by atoms with Crippen molar-refractivity contribution in [2.45, 2.75) is 25.8 Å². The number of nitrogens with one attached hydrogen (secondary N) is 1. The molecule has 0 aromatic carbocycles. The van der Waals surface area contributed by atoms with Gasteiger partial charge in [0.15, 0.2) is 5.84 Å². The zero-order valence-corrected chi connectivity index (χ0v) is 9.80. The third-order valence-electron chi connectivity index (χ3n) is 2.48. The number of hydrogen-bond acceptors (Lipinski definition) is 4. The van der Waals surface area contributed by atoms with Crippen molar-refractivity contribution >= 4 is 23.5 Å². The predicted octanol–water partition coefficient (Wildman–Crippen LogP) is 0.381. The Morgan fingerprint density at radius 3 is 2.80 bits per heavy atom. The van der Waals surface area contributed by atoms with Crippen LogP contribution in [0, 0.1) is 5.92 Å². The van der Waals surface area contributed by atoms with Crippen LogP contribution < -0.4 is 11.1 Å². The second-order valence-corrected chi connectivity index (χ2v) is 5.31. The second kappa shape index (κ2) is 4.74. The highest BCUT2D eigenvalue weighted by molar-refractivity contribution is 7.99. The molecule has 0 saturated carbocycles. The van der Waals surface area contributed by atoms with Gasteiger partial charge in [-0.1, -0.05) is 5.16 Å². The zero-order valence-electron chi connectivity index (χ0n) is 8.99. The third kappa shape index (κ3) is 3.02. The summed E-state index contributed by atoms with van der Waals surface area (Å²) in [5, 5.41) is 14.3. The molecule has 1 aliphatic heterocycles. The number of nitrogens with two attached hydrogens (primary N) is 1. The minimum Gasteiger partial charge on any atom is -0.409 e. The topological polar surface area (TPSA) is 87.7 Å². The molecule has 0 aromatic heterocycles. The maximum absolute atomic E-state index is 11.8. The molecule has 1 amide bonds. The maximum atomic E-state index is 11.8. The van der Waals surface area contributed by atoms with E-state index in [4.69, 9.17) is 10.9 Å². The fourth-order valence-electron chi connectivity index (χ4n) is 1.34. The van der Waals surface area contributed by atoms with E-state index in [-0.39, 0.29) is 17.7 Å². The Labute approximate surface area is 93.5 Å². The summed E-state index contributed by atoms with van der Waals surface area (Å²) in [4.78, 5) is 11.8. The highest BCUT2D eigenvalue weighted by Gasteiger charge is 2.30. The Balaban J connectivity index is 2.56. The van der Waals surface area contributed by atoms with Crippen molar-refractivity contribution in [3.63, 3.8) is 0 Å². The van der Waals surface area contributed by atoms with Gasteiger partial charge in [0, 0.05) is 11.7 Å². The Morgan fingerprint density at radius 1 is 1.67 bits per heavy atom. The Kier molecular flexibility index (Phi) is 3.84. The molecule has 1 aliphatic rings. The molecule has 1 fully saturated rings. The van der Waals surface area contributed by atoms with Gasteiger partial charge in [0.1, 0.15) is 0 Å². The molecule has 5 nitrogen and oxygen atoms in total. The number of carbonyl (C=O) groups is 1. The van der Waals surface area contributed by atoms with Gasteiger partial charge in [-0.25, -0.2) is 0 Å². The van der Waals surface area contributed by atoms with E-state index >= 15 is 0 Å². The van der Waals surface area contributed by atoms with E-state index in [1.165, 1.54) is 0 Å². The monoisotopic (exact) mass is 231 g/mol. The lowest BCUT2D eigenvalue weighted by Crippen LogP contribution is -2.54. The molecule has 0 aromatic rings. The Hall–Kier alpha value is -0.910. The Bertz CT molecular complexity index is 273. The normalized spacial score (nSPS) is 22.8. The number of thioether (sulfide) groups is 1. The van der Waals surface area contributed by atoms with Crippen LogP contribution in [0.4, 0.5) is 0 Å². The molecule has 1 heterocycles. The lowest BCUT2D eigenvalue weighted by molar-refractivity contribution is -0.125. The molecular formula is C9H17N3O2S. The number of carbonyl (C=O) groups excluding carboxylic acids is 1. The van der Waals surface area contributed by atoms with E-state index in [1.54, 1.807) is 25.6 Å². The molecule has 0 radical (unpaired) electrons. The van der Waals surface area contributed by atoms with E-state index in [9.17, 15) is 4.79 Å². The number of oxime groups is 1. The van der Waals surface area contributed by atoms with Crippen LogP contribution >= 0.6 is 11.8 Å². The molecule has 0 bridgehead atoms. The van der Waals surface area contributed by atoms with Crippen molar-refractivity contribution in [3.05, 3.63) is 0 Å². The van der Waals surface area contributed by atoms with Crippen LogP contribution in [0.2, 0.25) is 0 Å².